The fourth-order valence-corrected chi connectivity index (χ4v) is 4.14. The van der Waals surface area contributed by atoms with Gasteiger partial charge in [-0.2, -0.15) is 0 Å². The van der Waals surface area contributed by atoms with Crippen LogP contribution in [-0.4, -0.2) is 22.4 Å². The summed E-state index contributed by atoms with van der Waals surface area (Å²) in [6, 6.07) is 12.8. The molecule has 1 aromatic heterocycles. The number of hydrogen-bond donors (Lipinski definition) is 0. The summed E-state index contributed by atoms with van der Waals surface area (Å²) in [5.74, 6) is 0.343. The smallest absolute Gasteiger partial charge is 0.0647 e. The van der Waals surface area contributed by atoms with Crippen LogP contribution >= 0.6 is 0 Å². The lowest BCUT2D eigenvalue weighted by Gasteiger charge is -2.32. The second-order valence-corrected chi connectivity index (χ2v) is 6.98. The second kappa shape index (κ2) is 6.83. The van der Waals surface area contributed by atoms with E-state index in [9.17, 15) is 0 Å². The van der Waals surface area contributed by atoms with Crippen molar-refractivity contribution in [3.05, 3.63) is 89.9 Å². The average Bonchev–Trinajstić information content (AvgIpc) is 2.66. The van der Waals surface area contributed by atoms with Gasteiger partial charge in [-0.1, -0.05) is 37.4 Å². The Labute approximate surface area is 154 Å². The second-order valence-electron chi connectivity index (χ2n) is 6.98. The Bertz CT molecular complexity index is 936. The summed E-state index contributed by atoms with van der Waals surface area (Å²) in [7, 11) is 0. The summed E-state index contributed by atoms with van der Waals surface area (Å²) in [4.78, 5) is 14.4. The Morgan fingerprint density at radius 3 is 2.77 bits per heavy atom. The van der Waals surface area contributed by atoms with Crippen LogP contribution in [0.4, 0.5) is 0 Å². The Kier molecular flexibility index (Phi) is 4.37. The molecule has 2 unspecified atom stereocenters. The van der Waals surface area contributed by atoms with Crippen molar-refractivity contribution >= 4 is 11.4 Å². The van der Waals surface area contributed by atoms with Gasteiger partial charge in [0.2, 0.25) is 0 Å². The van der Waals surface area contributed by atoms with E-state index in [4.69, 9.17) is 9.98 Å². The molecule has 2 aromatic rings. The highest BCUT2D eigenvalue weighted by Crippen LogP contribution is 2.37. The standard InChI is InChI=1S/C23H23N3/c1-4-21-19-9-6-5-8-18(19)20-11-12-22-17(10-7-13-24-22)16(3)25-15(2)14-23(20)26-21/h4-10,13,20,23H,1-2,11-12,14H2,3H3. The van der Waals surface area contributed by atoms with E-state index < -0.39 is 0 Å². The van der Waals surface area contributed by atoms with Gasteiger partial charge in [-0.25, -0.2) is 0 Å². The number of hydrogen-bond acceptors (Lipinski definition) is 3. The van der Waals surface area contributed by atoms with E-state index in [1.165, 1.54) is 11.1 Å². The van der Waals surface area contributed by atoms with Gasteiger partial charge in [-0.05, 0) is 43.5 Å². The van der Waals surface area contributed by atoms with E-state index in [1.807, 2.05) is 25.3 Å². The zero-order valence-electron chi connectivity index (χ0n) is 15.2. The quantitative estimate of drug-likeness (QED) is 0.728. The first kappa shape index (κ1) is 16.6. The van der Waals surface area contributed by atoms with Gasteiger partial charge in [0, 0.05) is 46.8 Å². The van der Waals surface area contributed by atoms with Crippen molar-refractivity contribution < 1.29 is 0 Å². The number of aryl methyl sites for hydroxylation is 1. The van der Waals surface area contributed by atoms with E-state index >= 15 is 0 Å². The summed E-state index contributed by atoms with van der Waals surface area (Å²) in [6.45, 7) is 10.2. The topological polar surface area (TPSA) is 37.6 Å². The number of nitrogens with zero attached hydrogens (tertiary/aromatic N) is 3. The molecule has 4 rings (SSSR count). The number of benzene rings is 1. The molecule has 3 heteroatoms. The van der Waals surface area contributed by atoms with Crippen molar-refractivity contribution in [1.82, 2.24) is 4.98 Å². The monoisotopic (exact) mass is 341 g/mol. The number of allylic oxidation sites excluding steroid dienone is 1. The fraction of sp³-hybridized carbons (Fsp3) is 0.261. The zero-order valence-corrected chi connectivity index (χ0v) is 15.2. The van der Waals surface area contributed by atoms with Gasteiger partial charge in [0.1, 0.15) is 0 Å². The lowest BCUT2D eigenvalue weighted by Crippen LogP contribution is -2.27. The number of fused-ring (bicyclic) bond motifs is 4. The molecule has 0 aliphatic carbocycles. The zero-order chi connectivity index (χ0) is 18.1. The van der Waals surface area contributed by atoms with E-state index in [0.29, 0.717) is 5.92 Å². The molecule has 0 spiro atoms. The summed E-state index contributed by atoms with van der Waals surface area (Å²) in [6.07, 6.45) is 6.43. The third-order valence-corrected chi connectivity index (χ3v) is 5.34. The normalized spacial score (nSPS) is 22.3. The molecule has 3 nitrogen and oxygen atoms in total. The van der Waals surface area contributed by atoms with Crippen LogP contribution in [0.5, 0.6) is 0 Å². The molecule has 2 atom stereocenters. The Balaban J connectivity index is 1.82. The van der Waals surface area contributed by atoms with Crippen LogP contribution in [0, 0.1) is 0 Å². The lowest BCUT2D eigenvalue weighted by atomic mass is 9.79. The highest BCUT2D eigenvalue weighted by molar-refractivity contribution is 6.10. The molecule has 0 bridgehead atoms. The van der Waals surface area contributed by atoms with Gasteiger partial charge < -0.3 is 0 Å². The number of rotatable bonds is 1. The summed E-state index contributed by atoms with van der Waals surface area (Å²) >= 11 is 0. The van der Waals surface area contributed by atoms with Crippen LogP contribution in [0.1, 0.15) is 48.1 Å². The molecule has 0 radical (unpaired) electrons. The largest absolute Gasteiger partial charge is 0.280 e. The molecule has 0 saturated heterocycles. The SMILES string of the molecule is C=CC1=NC2CC(=C)N=C(C)c3cccnc3CCC2c2ccccc21. The predicted octanol–water partition coefficient (Wildman–Crippen LogP) is 4.88. The van der Waals surface area contributed by atoms with Gasteiger partial charge in [0.05, 0.1) is 11.8 Å². The number of aliphatic imine (C=N–C) groups is 2. The molecule has 3 heterocycles. The molecule has 0 saturated carbocycles. The van der Waals surface area contributed by atoms with Gasteiger partial charge in [-0.3, -0.25) is 15.0 Å². The maximum Gasteiger partial charge on any atom is 0.0647 e. The Morgan fingerprint density at radius 1 is 1.12 bits per heavy atom. The molecular formula is C23H23N3. The fourth-order valence-electron chi connectivity index (χ4n) is 4.14. The van der Waals surface area contributed by atoms with Crippen molar-refractivity contribution in [2.75, 3.05) is 0 Å². The van der Waals surface area contributed by atoms with Gasteiger partial charge >= 0.3 is 0 Å². The van der Waals surface area contributed by atoms with E-state index in [-0.39, 0.29) is 6.04 Å². The van der Waals surface area contributed by atoms with Crippen LogP contribution in [-0.2, 0) is 6.42 Å². The van der Waals surface area contributed by atoms with Crippen LogP contribution in [0.3, 0.4) is 0 Å². The average molecular weight is 341 g/mol. The molecule has 0 N–H and O–H groups in total. The van der Waals surface area contributed by atoms with Crippen LogP contribution in [0.15, 0.2) is 77.5 Å². The number of pyridine rings is 1. The van der Waals surface area contributed by atoms with Crippen molar-refractivity contribution in [2.45, 2.75) is 38.1 Å². The molecule has 26 heavy (non-hydrogen) atoms. The van der Waals surface area contributed by atoms with Gasteiger partial charge in [0.25, 0.3) is 0 Å². The molecule has 0 fully saturated rings. The molecule has 2 aliphatic rings. The maximum absolute atomic E-state index is 5.02. The first-order valence-electron chi connectivity index (χ1n) is 9.14. The minimum Gasteiger partial charge on any atom is -0.280 e. The van der Waals surface area contributed by atoms with Gasteiger partial charge in [-0.15, -0.1) is 0 Å². The molecule has 1 aromatic carbocycles. The Morgan fingerprint density at radius 2 is 1.92 bits per heavy atom. The molecular weight excluding hydrogens is 318 g/mol. The van der Waals surface area contributed by atoms with Crippen LogP contribution in [0.25, 0.3) is 0 Å². The van der Waals surface area contributed by atoms with E-state index in [1.54, 1.807) is 0 Å². The highest BCUT2D eigenvalue weighted by atomic mass is 14.9. The molecule has 2 aliphatic heterocycles. The maximum atomic E-state index is 5.02. The first-order chi connectivity index (χ1) is 12.7. The van der Waals surface area contributed by atoms with E-state index in [2.05, 4.69) is 48.5 Å². The minimum absolute atomic E-state index is 0.146. The van der Waals surface area contributed by atoms with Gasteiger partial charge in [0.15, 0.2) is 0 Å². The van der Waals surface area contributed by atoms with Crippen LogP contribution in [0.2, 0.25) is 0 Å². The van der Waals surface area contributed by atoms with Crippen molar-refractivity contribution in [1.29, 1.82) is 0 Å². The van der Waals surface area contributed by atoms with Crippen molar-refractivity contribution in [2.24, 2.45) is 9.98 Å². The minimum atomic E-state index is 0.146. The third kappa shape index (κ3) is 2.94. The number of aromatic nitrogens is 1. The first-order valence-corrected chi connectivity index (χ1v) is 9.14. The highest BCUT2D eigenvalue weighted by Gasteiger charge is 2.31. The summed E-state index contributed by atoms with van der Waals surface area (Å²) in [5, 5.41) is 0. The Hall–Kier alpha value is -2.81. The summed E-state index contributed by atoms with van der Waals surface area (Å²) < 4.78 is 0. The van der Waals surface area contributed by atoms with E-state index in [0.717, 1.165) is 47.6 Å². The molecule has 0 amide bonds. The van der Waals surface area contributed by atoms with Crippen molar-refractivity contribution in [3.8, 4) is 0 Å². The third-order valence-electron chi connectivity index (χ3n) is 5.34. The summed E-state index contributed by atoms with van der Waals surface area (Å²) in [5.41, 5.74) is 7.64. The van der Waals surface area contributed by atoms with Crippen LogP contribution < -0.4 is 0 Å². The predicted molar refractivity (Wildman–Crippen MR) is 108 cm³/mol. The van der Waals surface area contributed by atoms with Crippen molar-refractivity contribution in [3.63, 3.8) is 0 Å². The lowest BCUT2D eigenvalue weighted by molar-refractivity contribution is 0.488. The molecule has 130 valence electrons.